The summed E-state index contributed by atoms with van der Waals surface area (Å²) in [6.07, 6.45) is 0.508. The third-order valence-electron chi connectivity index (χ3n) is 4.99. The van der Waals surface area contributed by atoms with Crippen LogP contribution >= 0.6 is 11.3 Å². The smallest absolute Gasteiger partial charge is 0.257 e. The molecule has 1 N–H and O–H groups in total. The average molecular weight is 433 g/mol. The quantitative estimate of drug-likeness (QED) is 0.727. The first-order chi connectivity index (χ1) is 14.3. The Balaban J connectivity index is 1.71. The maximum absolute atomic E-state index is 13.3. The Labute approximate surface area is 178 Å². The maximum atomic E-state index is 13.3. The van der Waals surface area contributed by atoms with Gasteiger partial charge in [0.05, 0.1) is 16.5 Å². The molecule has 0 bridgehead atoms. The number of halogens is 1. The van der Waals surface area contributed by atoms with Crippen LogP contribution in [0.5, 0.6) is 0 Å². The number of nitrogens with zero attached hydrogens (tertiary/aromatic N) is 3. The van der Waals surface area contributed by atoms with Crippen molar-refractivity contribution in [3.63, 3.8) is 0 Å². The number of fused-ring (bicyclic) bond motifs is 1. The standard InChI is InChI=1S/C21H25FN4O3S/c1-4-26(9-8-25(2)3)20(29)14-11-16-18(17(27)12-14)30-21(23-16)24-19(28)13-6-5-7-15(22)10-13/h5-7,10,14H,4,8-9,11-12H2,1-3H3,(H,23,24,28)/t14-/m0/s1. The van der Waals surface area contributed by atoms with Gasteiger partial charge in [-0.1, -0.05) is 17.4 Å². The number of Topliss-reactive ketones (excluding diaryl/α,β-unsaturated/α-hetero) is 1. The number of nitrogens with one attached hydrogen (secondary N) is 1. The maximum Gasteiger partial charge on any atom is 0.257 e. The lowest BCUT2D eigenvalue weighted by molar-refractivity contribution is -0.135. The summed E-state index contributed by atoms with van der Waals surface area (Å²) in [6.45, 7) is 3.85. The molecular formula is C21H25FN4O3S. The Bertz CT molecular complexity index is 959. The summed E-state index contributed by atoms with van der Waals surface area (Å²) in [7, 11) is 3.90. The fourth-order valence-corrected chi connectivity index (χ4v) is 4.30. The number of benzene rings is 1. The molecule has 0 radical (unpaired) electrons. The van der Waals surface area contributed by atoms with E-state index in [2.05, 4.69) is 10.3 Å². The Kier molecular flexibility index (Phi) is 6.94. The van der Waals surface area contributed by atoms with Crippen LogP contribution in [0, 0.1) is 11.7 Å². The van der Waals surface area contributed by atoms with Crippen LogP contribution in [0.1, 0.15) is 39.1 Å². The molecule has 0 saturated carbocycles. The van der Waals surface area contributed by atoms with Gasteiger partial charge in [0.15, 0.2) is 10.9 Å². The molecule has 3 rings (SSSR count). The molecule has 2 aromatic rings. The van der Waals surface area contributed by atoms with E-state index < -0.39 is 17.6 Å². The van der Waals surface area contributed by atoms with E-state index >= 15 is 0 Å². The van der Waals surface area contributed by atoms with Gasteiger partial charge in [-0.15, -0.1) is 0 Å². The van der Waals surface area contributed by atoms with Crippen LogP contribution in [0.4, 0.5) is 9.52 Å². The third kappa shape index (κ3) is 5.09. The molecule has 9 heteroatoms. The summed E-state index contributed by atoms with van der Waals surface area (Å²) in [5.74, 6) is -1.63. The van der Waals surface area contributed by atoms with E-state index in [-0.39, 0.29) is 28.8 Å². The van der Waals surface area contributed by atoms with Crippen molar-refractivity contribution < 1.29 is 18.8 Å². The largest absolute Gasteiger partial charge is 0.341 e. The molecule has 30 heavy (non-hydrogen) atoms. The Morgan fingerprint density at radius 1 is 1.27 bits per heavy atom. The van der Waals surface area contributed by atoms with Gasteiger partial charge in [0.1, 0.15) is 5.82 Å². The van der Waals surface area contributed by atoms with Gasteiger partial charge in [0.2, 0.25) is 5.91 Å². The number of thiazole rings is 1. The second-order valence-electron chi connectivity index (χ2n) is 7.51. The lowest BCUT2D eigenvalue weighted by atomic mass is 9.89. The Hall–Kier alpha value is -2.65. The normalized spacial score (nSPS) is 15.8. The fraction of sp³-hybridized carbons (Fsp3) is 0.429. The molecule has 1 heterocycles. The monoisotopic (exact) mass is 432 g/mol. The van der Waals surface area contributed by atoms with Crippen molar-refractivity contribution in [3.05, 3.63) is 46.2 Å². The average Bonchev–Trinajstić information content (AvgIpc) is 3.11. The number of anilines is 1. The van der Waals surface area contributed by atoms with Gasteiger partial charge in [0, 0.05) is 38.0 Å². The molecule has 0 fully saturated rings. The number of ketones is 1. The van der Waals surface area contributed by atoms with Gasteiger partial charge >= 0.3 is 0 Å². The van der Waals surface area contributed by atoms with E-state index in [1.54, 1.807) is 4.90 Å². The van der Waals surface area contributed by atoms with Crippen molar-refractivity contribution in [2.24, 2.45) is 5.92 Å². The summed E-state index contributed by atoms with van der Waals surface area (Å²) in [5.41, 5.74) is 0.704. The molecule has 1 atom stereocenters. The van der Waals surface area contributed by atoms with E-state index in [0.717, 1.165) is 23.9 Å². The molecule has 1 aromatic carbocycles. The van der Waals surface area contributed by atoms with Crippen LogP contribution in [0.3, 0.4) is 0 Å². The van der Waals surface area contributed by atoms with Gasteiger partial charge in [-0.05, 0) is 39.2 Å². The van der Waals surface area contributed by atoms with Crippen LogP contribution in [-0.2, 0) is 11.2 Å². The van der Waals surface area contributed by atoms with Crippen LogP contribution in [0.2, 0.25) is 0 Å². The van der Waals surface area contributed by atoms with Crippen LogP contribution in [0.25, 0.3) is 0 Å². The van der Waals surface area contributed by atoms with Crippen molar-refractivity contribution in [1.29, 1.82) is 0 Å². The zero-order valence-electron chi connectivity index (χ0n) is 17.3. The molecule has 160 valence electrons. The van der Waals surface area contributed by atoms with Gasteiger partial charge in [0.25, 0.3) is 5.91 Å². The molecule has 2 amide bonds. The SMILES string of the molecule is CCN(CCN(C)C)C(=O)[C@@H]1CC(=O)c2sc(NC(=O)c3cccc(F)c3)nc2C1. The van der Waals surface area contributed by atoms with E-state index in [1.165, 1.54) is 18.2 Å². The first-order valence-corrected chi connectivity index (χ1v) is 10.6. The molecule has 1 aliphatic rings. The molecular weight excluding hydrogens is 407 g/mol. The first kappa shape index (κ1) is 22.0. The Morgan fingerprint density at radius 2 is 2.03 bits per heavy atom. The minimum Gasteiger partial charge on any atom is -0.341 e. The lowest BCUT2D eigenvalue weighted by Crippen LogP contribution is -2.42. The van der Waals surface area contributed by atoms with Gasteiger partial charge in [-0.25, -0.2) is 9.37 Å². The molecule has 0 unspecified atom stereocenters. The second kappa shape index (κ2) is 9.44. The first-order valence-electron chi connectivity index (χ1n) is 9.81. The van der Waals surface area contributed by atoms with Crippen LogP contribution < -0.4 is 5.32 Å². The third-order valence-corrected chi connectivity index (χ3v) is 6.04. The molecule has 0 spiro atoms. The zero-order chi connectivity index (χ0) is 21.8. The summed E-state index contributed by atoms with van der Waals surface area (Å²) in [6, 6.07) is 5.34. The minimum absolute atomic E-state index is 0.0447. The van der Waals surface area contributed by atoms with Crippen molar-refractivity contribution in [3.8, 4) is 0 Å². The number of carbonyl (C=O) groups is 3. The van der Waals surface area contributed by atoms with Gasteiger partial charge in [-0.3, -0.25) is 19.7 Å². The molecule has 7 nitrogen and oxygen atoms in total. The van der Waals surface area contributed by atoms with E-state index in [4.69, 9.17) is 0 Å². The van der Waals surface area contributed by atoms with E-state index in [9.17, 15) is 18.8 Å². The van der Waals surface area contributed by atoms with Gasteiger partial charge < -0.3 is 9.80 Å². The minimum atomic E-state index is -0.507. The number of likely N-dealkylation sites (N-methyl/N-ethyl adjacent to an activating group) is 2. The molecule has 0 saturated heterocycles. The van der Waals surface area contributed by atoms with Crippen molar-refractivity contribution in [1.82, 2.24) is 14.8 Å². The summed E-state index contributed by atoms with van der Waals surface area (Å²) < 4.78 is 13.3. The molecule has 1 aliphatic carbocycles. The van der Waals surface area contributed by atoms with Crippen molar-refractivity contribution >= 4 is 34.1 Å². The number of carbonyl (C=O) groups excluding carboxylic acids is 3. The number of amides is 2. The number of rotatable bonds is 7. The number of aromatic nitrogens is 1. The summed E-state index contributed by atoms with van der Waals surface area (Å²) >= 11 is 1.09. The second-order valence-corrected chi connectivity index (χ2v) is 8.51. The number of hydrogen-bond acceptors (Lipinski definition) is 6. The highest BCUT2D eigenvalue weighted by Gasteiger charge is 2.35. The van der Waals surface area contributed by atoms with E-state index in [1.807, 2.05) is 25.9 Å². The zero-order valence-corrected chi connectivity index (χ0v) is 18.1. The summed E-state index contributed by atoms with van der Waals surface area (Å²) in [4.78, 5) is 46.5. The van der Waals surface area contributed by atoms with Gasteiger partial charge in [-0.2, -0.15) is 0 Å². The fourth-order valence-electron chi connectivity index (χ4n) is 3.36. The lowest BCUT2D eigenvalue weighted by Gasteiger charge is -2.28. The highest BCUT2D eigenvalue weighted by atomic mass is 32.1. The van der Waals surface area contributed by atoms with Crippen LogP contribution in [-0.4, -0.2) is 66.1 Å². The topological polar surface area (TPSA) is 82.6 Å². The molecule has 1 aromatic heterocycles. The summed E-state index contributed by atoms with van der Waals surface area (Å²) in [5, 5.41) is 2.90. The van der Waals surface area contributed by atoms with Crippen molar-refractivity contribution in [2.45, 2.75) is 19.8 Å². The molecule has 0 aliphatic heterocycles. The highest BCUT2D eigenvalue weighted by Crippen LogP contribution is 2.33. The predicted molar refractivity (Wildman–Crippen MR) is 113 cm³/mol. The Morgan fingerprint density at radius 3 is 2.70 bits per heavy atom. The number of hydrogen-bond donors (Lipinski definition) is 1. The highest BCUT2D eigenvalue weighted by molar-refractivity contribution is 7.17. The van der Waals surface area contributed by atoms with E-state index in [0.29, 0.717) is 30.1 Å². The van der Waals surface area contributed by atoms with Crippen molar-refractivity contribution in [2.75, 3.05) is 39.0 Å². The predicted octanol–water partition coefficient (Wildman–Crippen LogP) is 2.69. The van der Waals surface area contributed by atoms with Crippen LogP contribution in [0.15, 0.2) is 24.3 Å².